The summed E-state index contributed by atoms with van der Waals surface area (Å²) in [4.78, 5) is 20.3. The molecule has 3 fully saturated rings. The first kappa shape index (κ1) is 21.0. The highest BCUT2D eigenvalue weighted by Crippen LogP contribution is 2.50. The fourth-order valence-electron chi connectivity index (χ4n) is 5.20. The average Bonchev–Trinajstić information content (AvgIpc) is 2.97. The van der Waals surface area contributed by atoms with Gasteiger partial charge in [0.2, 0.25) is 5.91 Å². The second-order valence-corrected chi connectivity index (χ2v) is 9.49. The zero-order chi connectivity index (χ0) is 19.8. The van der Waals surface area contributed by atoms with E-state index in [1.807, 2.05) is 11.8 Å². The summed E-state index contributed by atoms with van der Waals surface area (Å²) in [7, 11) is 0. The van der Waals surface area contributed by atoms with Crippen LogP contribution >= 0.6 is 0 Å². The number of likely N-dealkylation sites (tertiary alicyclic amines) is 1. The van der Waals surface area contributed by atoms with Crippen molar-refractivity contribution < 1.29 is 9.53 Å². The van der Waals surface area contributed by atoms with Crippen LogP contribution in [-0.2, 0) is 9.53 Å². The van der Waals surface area contributed by atoms with Crippen molar-refractivity contribution in [3.05, 3.63) is 0 Å². The number of piperazine rings is 1. The van der Waals surface area contributed by atoms with E-state index in [2.05, 4.69) is 37.5 Å². The molecule has 27 heavy (non-hydrogen) atoms. The Morgan fingerprint density at radius 1 is 1.07 bits per heavy atom. The Morgan fingerprint density at radius 2 is 1.67 bits per heavy atom. The quantitative estimate of drug-likeness (QED) is 0.757. The number of rotatable bonds is 6. The Morgan fingerprint density at radius 3 is 2.19 bits per heavy atom. The summed E-state index contributed by atoms with van der Waals surface area (Å²) in [5.41, 5.74) is 5.50. The van der Waals surface area contributed by atoms with Gasteiger partial charge >= 0.3 is 0 Å². The van der Waals surface area contributed by atoms with Gasteiger partial charge in [0.25, 0.3) is 0 Å². The molecule has 0 bridgehead atoms. The third-order valence-electron chi connectivity index (χ3n) is 7.68. The number of amides is 1. The topological polar surface area (TPSA) is 62.0 Å². The van der Waals surface area contributed by atoms with Gasteiger partial charge in [0.1, 0.15) is 5.54 Å². The Bertz CT molecular complexity index is 522. The van der Waals surface area contributed by atoms with Crippen molar-refractivity contribution in [2.45, 2.75) is 77.6 Å². The highest BCUT2D eigenvalue weighted by Gasteiger charge is 2.63. The first-order valence-corrected chi connectivity index (χ1v) is 10.9. The normalized spacial score (nSPS) is 37.4. The molecule has 2 aliphatic heterocycles. The lowest BCUT2D eigenvalue weighted by molar-refractivity contribution is -0.180. The van der Waals surface area contributed by atoms with Crippen molar-refractivity contribution in [1.29, 1.82) is 0 Å². The molecule has 3 aliphatic rings. The van der Waals surface area contributed by atoms with E-state index in [4.69, 9.17) is 10.5 Å². The summed E-state index contributed by atoms with van der Waals surface area (Å²) in [5, 5.41) is 0. The largest absolute Gasteiger partial charge is 0.378 e. The van der Waals surface area contributed by atoms with Crippen molar-refractivity contribution in [2.75, 3.05) is 45.9 Å². The lowest BCUT2D eigenvalue weighted by Gasteiger charge is -2.59. The number of hydrogen-bond donors (Lipinski definition) is 1. The van der Waals surface area contributed by atoms with Crippen LogP contribution in [0.2, 0.25) is 0 Å². The monoisotopic (exact) mass is 380 g/mol. The van der Waals surface area contributed by atoms with Gasteiger partial charge in [-0.2, -0.15) is 0 Å². The van der Waals surface area contributed by atoms with Gasteiger partial charge in [-0.05, 0) is 33.6 Å². The predicted molar refractivity (Wildman–Crippen MR) is 109 cm³/mol. The molecule has 1 aliphatic carbocycles. The van der Waals surface area contributed by atoms with E-state index in [9.17, 15) is 4.79 Å². The van der Waals surface area contributed by atoms with Crippen LogP contribution in [0.3, 0.4) is 0 Å². The van der Waals surface area contributed by atoms with Crippen LogP contribution < -0.4 is 5.73 Å². The van der Waals surface area contributed by atoms with Gasteiger partial charge in [-0.25, -0.2) is 0 Å². The maximum absolute atomic E-state index is 13.1. The van der Waals surface area contributed by atoms with Crippen molar-refractivity contribution >= 4 is 5.91 Å². The minimum atomic E-state index is -0.782. The Hall–Kier alpha value is -0.690. The van der Waals surface area contributed by atoms with Crippen LogP contribution in [0.1, 0.15) is 53.9 Å². The van der Waals surface area contributed by atoms with Crippen molar-refractivity contribution in [3.63, 3.8) is 0 Å². The molecule has 1 saturated carbocycles. The maximum atomic E-state index is 13.1. The number of carbonyl (C=O) groups is 1. The first-order chi connectivity index (χ1) is 12.7. The number of carbonyl (C=O) groups excluding carboxylic acids is 1. The van der Waals surface area contributed by atoms with E-state index in [0.29, 0.717) is 25.1 Å². The van der Waals surface area contributed by atoms with E-state index in [0.717, 1.165) is 39.3 Å². The van der Waals surface area contributed by atoms with Gasteiger partial charge in [-0.1, -0.05) is 13.8 Å². The minimum Gasteiger partial charge on any atom is -0.378 e. The molecule has 4 atom stereocenters. The van der Waals surface area contributed by atoms with E-state index in [1.165, 1.54) is 12.8 Å². The molecule has 0 radical (unpaired) electrons. The van der Waals surface area contributed by atoms with E-state index in [1.54, 1.807) is 0 Å². The zero-order valence-corrected chi connectivity index (χ0v) is 18.0. The smallest absolute Gasteiger partial charge is 0.243 e. The second-order valence-electron chi connectivity index (χ2n) is 9.49. The molecule has 0 spiro atoms. The van der Waals surface area contributed by atoms with Crippen LogP contribution in [0.4, 0.5) is 0 Å². The van der Waals surface area contributed by atoms with E-state index < -0.39 is 5.54 Å². The summed E-state index contributed by atoms with van der Waals surface area (Å²) in [6.45, 7) is 17.2. The van der Waals surface area contributed by atoms with Crippen LogP contribution in [0.5, 0.6) is 0 Å². The summed E-state index contributed by atoms with van der Waals surface area (Å²) in [5.74, 6) is 0.116. The molecular weight excluding hydrogens is 340 g/mol. The summed E-state index contributed by atoms with van der Waals surface area (Å²) < 4.78 is 5.78. The van der Waals surface area contributed by atoms with Gasteiger partial charge in [0.05, 0.1) is 6.10 Å². The minimum absolute atomic E-state index is 0.0854. The molecule has 2 heterocycles. The molecule has 6 nitrogen and oxygen atoms in total. The van der Waals surface area contributed by atoms with Crippen LogP contribution in [0, 0.1) is 5.41 Å². The number of hydrogen-bond acceptors (Lipinski definition) is 5. The van der Waals surface area contributed by atoms with E-state index in [-0.39, 0.29) is 17.4 Å². The van der Waals surface area contributed by atoms with Gasteiger partial charge < -0.3 is 15.4 Å². The lowest BCUT2D eigenvalue weighted by atomic mass is 9.54. The van der Waals surface area contributed by atoms with Gasteiger partial charge in [0.15, 0.2) is 0 Å². The molecule has 4 unspecified atom stereocenters. The van der Waals surface area contributed by atoms with Crippen molar-refractivity contribution in [2.24, 2.45) is 11.1 Å². The first-order valence-electron chi connectivity index (χ1n) is 10.9. The predicted octanol–water partition coefficient (Wildman–Crippen LogP) is 1.54. The third-order valence-corrected chi connectivity index (χ3v) is 7.68. The Labute approximate surface area is 165 Å². The average molecular weight is 381 g/mol. The molecule has 2 saturated heterocycles. The zero-order valence-electron chi connectivity index (χ0n) is 18.0. The SMILES string of the molecule is CCOC1CC(N)(C(=O)N2CCN(CCN3C(C)CCC3C)CC2)C1(C)C. The molecule has 0 aromatic rings. The molecule has 2 N–H and O–H groups in total. The molecule has 6 heteroatoms. The maximum Gasteiger partial charge on any atom is 0.243 e. The standard InChI is InChI=1S/C21H40N4O2/c1-6-27-18-15-21(22,20(18,4)5)19(26)24-12-9-23(10-13-24)11-14-25-16(2)7-8-17(25)3/h16-18H,6-15,22H2,1-5H3. The van der Waals surface area contributed by atoms with Crippen molar-refractivity contribution in [1.82, 2.24) is 14.7 Å². The number of nitrogens with two attached hydrogens (primary N) is 1. The summed E-state index contributed by atoms with van der Waals surface area (Å²) >= 11 is 0. The molecule has 3 rings (SSSR count). The van der Waals surface area contributed by atoms with E-state index >= 15 is 0 Å². The van der Waals surface area contributed by atoms with Crippen LogP contribution in [-0.4, -0.2) is 90.2 Å². The Kier molecular flexibility index (Phi) is 6.21. The molecule has 156 valence electrons. The highest BCUT2D eigenvalue weighted by molar-refractivity contribution is 5.89. The summed E-state index contributed by atoms with van der Waals surface area (Å²) in [6, 6.07) is 1.41. The van der Waals surface area contributed by atoms with Crippen LogP contribution in [0.15, 0.2) is 0 Å². The second kappa shape index (κ2) is 7.97. The van der Waals surface area contributed by atoms with Gasteiger partial charge in [-0.3, -0.25) is 14.6 Å². The van der Waals surface area contributed by atoms with Crippen molar-refractivity contribution in [3.8, 4) is 0 Å². The Balaban J connectivity index is 1.47. The number of ether oxygens (including phenoxy) is 1. The highest BCUT2D eigenvalue weighted by atomic mass is 16.5. The van der Waals surface area contributed by atoms with Crippen LogP contribution in [0.25, 0.3) is 0 Å². The fraction of sp³-hybridized carbons (Fsp3) is 0.952. The van der Waals surface area contributed by atoms with Gasteiger partial charge in [-0.15, -0.1) is 0 Å². The third kappa shape index (κ3) is 3.78. The molecular formula is C21H40N4O2. The lowest BCUT2D eigenvalue weighted by Crippen LogP contribution is -2.76. The molecule has 1 amide bonds. The number of nitrogens with zero attached hydrogens (tertiary/aromatic N) is 3. The van der Waals surface area contributed by atoms with Gasteiger partial charge in [0, 0.05) is 69.8 Å². The molecule has 0 aromatic carbocycles. The molecule has 0 aromatic heterocycles. The summed E-state index contributed by atoms with van der Waals surface area (Å²) in [6.07, 6.45) is 3.36. The fourth-order valence-corrected chi connectivity index (χ4v) is 5.20.